The normalized spacial score (nSPS) is 13.5. The standard InChI is InChI=1S/C26H26N8O3/c1-2-12-27-23-22-24(33(18-28-22)17-19-6-4-3-5-7-19)30-26(29-23)32-15-13-31(14-16-32)25(35)20-8-10-21(11-9-20)34(36)37/h2-11,18H,1,12-17H2,(H,27,29,30). The van der Waals surface area contributed by atoms with Gasteiger partial charge >= 0.3 is 0 Å². The van der Waals surface area contributed by atoms with Gasteiger partial charge < -0.3 is 19.7 Å². The lowest BCUT2D eigenvalue weighted by Crippen LogP contribution is -2.49. The van der Waals surface area contributed by atoms with E-state index in [0.717, 1.165) is 11.2 Å². The number of carbonyl (C=O) groups excluding carboxylic acids is 1. The molecule has 0 spiro atoms. The van der Waals surface area contributed by atoms with Crippen LogP contribution in [0.2, 0.25) is 0 Å². The largest absolute Gasteiger partial charge is 0.365 e. The molecule has 0 aliphatic carbocycles. The lowest BCUT2D eigenvalue weighted by Gasteiger charge is -2.35. The number of nitrogens with one attached hydrogen (secondary N) is 1. The Hall–Kier alpha value is -4.80. The van der Waals surface area contributed by atoms with Gasteiger partial charge in [-0.2, -0.15) is 9.97 Å². The van der Waals surface area contributed by atoms with Crippen molar-refractivity contribution in [1.82, 2.24) is 24.4 Å². The number of carbonyl (C=O) groups is 1. The van der Waals surface area contributed by atoms with Gasteiger partial charge in [-0.1, -0.05) is 36.4 Å². The van der Waals surface area contributed by atoms with Crippen LogP contribution in [0.25, 0.3) is 11.2 Å². The molecule has 1 saturated heterocycles. The maximum Gasteiger partial charge on any atom is 0.269 e. The average molecular weight is 499 g/mol. The Labute approximate surface area is 213 Å². The zero-order chi connectivity index (χ0) is 25.8. The van der Waals surface area contributed by atoms with Crippen LogP contribution in [0.15, 0.2) is 73.6 Å². The maximum atomic E-state index is 12.9. The number of non-ortho nitro benzene ring substituents is 1. The summed E-state index contributed by atoms with van der Waals surface area (Å²) in [7, 11) is 0. The number of benzene rings is 2. The summed E-state index contributed by atoms with van der Waals surface area (Å²) in [4.78, 5) is 41.3. The smallest absolute Gasteiger partial charge is 0.269 e. The number of piperazine rings is 1. The van der Waals surface area contributed by atoms with Crippen LogP contribution in [0.3, 0.4) is 0 Å². The number of rotatable bonds is 8. The highest BCUT2D eigenvalue weighted by Gasteiger charge is 2.25. The summed E-state index contributed by atoms with van der Waals surface area (Å²) < 4.78 is 2.00. The first-order valence-electron chi connectivity index (χ1n) is 11.9. The third-order valence-electron chi connectivity index (χ3n) is 6.24. The average Bonchev–Trinajstić information content (AvgIpc) is 3.34. The Kier molecular flexibility index (Phi) is 6.75. The molecular weight excluding hydrogens is 472 g/mol. The fourth-order valence-corrected chi connectivity index (χ4v) is 4.28. The minimum Gasteiger partial charge on any atom is -0.365 e. The van der Waals surface area contributed by atoms with Gasteiger partial charge in [-0.05, 0) is 17.7 Å². The second-order valence-electron chi connectivity index (χ2n) is 8.66. The maximum absolute atomic E-state index is 12.9. The van der Waals surface area contributed by atoms with Crippen molar-refractivity contribution in [2.45, 2.75) is 6.54 Å². The SMILES string of the molecule is C=CCNc1nc(N2CCN(C(=O)c3ccc([N+](=O)[O-])cc3)CC2)nc2c1ncn2Cc1ccccc1. The predicted octanol–water partition coefficient (Wildman–Crippen LogP) is 3.34. The highest BCUT2D eigenvalue weighted by Crippen LogP contribution is 2.24. The molecule has 4 aromatic rings. The number of nitrogens with zero attached hydrogens (tertiary/aromatic N) is 7. The monoisotopic (exact) mass is 498 g/mol. The van der Waals surface area contributed by atoms with Crippen molar-refractivity contribution in [1.29, 1.82) is 0 Å². The molecule has 5 rings (SSSR count). The number of nitro benzene ring substituents is 1. The molecule has 0 atom stereocenters. The van der Waals surface area contributed by atoms with Crippen LogP contribution in [0.1, 0.15) is 15.9 Å². The first kappa shape index (κ1) is 23.9. The molecule has 0 radical (unpaired) electrons. The second kappa shape index (κ2) is 10.4. The van der Waals surface area contributed by atoms with E-state index >= 15 is 0 Å². The Balaban J connectivity index is 1.35. The van der Waals surface area contributed by atoms with Gasteiger partial charge in [0.1, 0.15) is 0 Å². The predicted molar refractivity (Wildman–Crippen MR) is 141 cm³/mol. The highest BCUT2D eigenvalue weighted by molar-refractivity contribution is 5.94. The summed E-state index contributed by atoms with van der Waals surface area (Å²) in [5.41, 5.74) is 2.94. The molecule has 188 valence electrons. The quantitative estimate of drug-likeness (QED) is 0.223. The molecule has 11 heteroatoms. The number of nitro groups is 1. The minimum absolute atomic E-state index is 0.0405. The molecule has 37 heavy (non-hydrogen) atoms. The van der Waals surface area contributed by atoms with Gasteiger partial charge in [-0.15, -0.1) is 6.58 Å². The van der Waals surface area contributed by atoms with Crippen LogP contribution in [0.5, 0.6) is 0 Å². The van der Waals surface area contributed by atoms with E-state index in [9.17, 15) is 14.9 Å². The molecule has 1 fully saturated rings. The third-order valence-corrected chi connectivity index (χ3v) is 6.24. The van der Waals surface area contributed by atoms with Crippen LogP contribution < -0.4 is 10.2 Å². The fourth-order valence-electron chi connectivity index (χ4n) is 4.28. The van der Waals surface area contributed by atoms with Crippen molar-refractivity contribution in [2.24, 2.45) is 0 Å². The van der Waals surface area contributed by atoms with Gasteiger partial charge in [0.15, 0.2) is 17.0 Å². The lowest BCUT2D eigenvalue weighted by molar-refractivity contribution is -0.384. The number of hydrogen-bond donors (Lipinski definition) is 1. The number of fused-ring (bicyclic) bond motifs is 1. The Morgan fingerprint density at radius 3 is 2.46 bits per heavy atom. The van der Waals surface area contributed by atoms with E-state index in [1.807, 2.05) is 22.8 Å². The molecule has 1 N–H and O–H groups in total. The van der Waals surface area contributed by atoms with E-state index in [1.165, 1.54) is 24.3 Å². The van der Waals surface area contributed by atoms with Crippen molar-refractivity contribution in [3.63, 3.8) is 0 Å². The van der Waals surface area contributed by atoms with Crippen molar-refractivity contribution >= 4 is 34.5 Å². The summed E-state index contributed by atoms with van der Waals surface area (Å²) in [6.45, 7) is 7.02. The number of anilines is 2. The molecule has 1 aliphatic rings. The van der Waals surface area contributed by atoms with Crippen LogP contribution in [-0.4, -0.2) is 68.0 Å². The summed E-state index contributed by atoms with van der Waals surface area (Å²) >= 11 is 0. The molecule has 0 unspecified atom stereocenters. The highest BCUT2D eigenvalue weighted by atomic mass is 16.6. The summed E-state index contributed by atoms with van der Waals surface area (Å²) in [6.07, 6.45) is 3.53. The number of hydrogen-bond acceptors (Lipinski definition) is 8. The molecule has 2 aromatic heterocycles. The first-order chi connectivity index (χ1) is 18.0. The van der Waals surface area contributed by atoms with Gasteiger partial charge in [0.25, 0.3) is 11.6 Å². The van der Waals surface area contributed by atoms with E-state index in [2.05, 4.69) is 33.9 Å². The molecule has 1 amide bonds. The van der Waals surface area contributed by atoms with Gasteiger partial charge in [-0.25, -0.2) is 4.98 Å². The molecule has 11 nitrogen and oxygen atoms in total. The van der Waals surface area contributed by atoms with Crippen LogP contribution >= 0.6 is 0 Å². The van der Waals surface area contributed by atoms with Crippen LogP contribution in [0, 0.1) is 10.1 Å². The molecule has 0 bridgehead atoms. The topological polar surface area (TPSA) is 122 Å². The zero-order valence-electron chi connectivity index (χ0n) is 20.2. The van der Waals surface area contributed by atoms with E-state index < -0.39 is 4.92 Å². The van der Waals surface area contributed by atoms with Crippen LogP contribution in [0.4, 0.5) is 17.5 Å². The third kappa shape index (κ3) is 5.10. The van der Waals surface area contributed by atoms with Gasteiger partial charge in [0.05, 0.1) is 17.8 Å². The van der Waals surface area contributed by atoms with Crippen molar-refractivity contribution < 1.29 is 9.72 Å². The fraction of sp³-hybridized carbons (Fsp3) is 0.231. The molecule has 1 aliphatic heterocycles. The Morgan fingerprint density at radius 2 is 1.78 bits per heavy atom. The van der Waals surface area contributed by atoms with Gasteiger partial charge in [-0.3, -0.25) is 14.9 Å². The van der Waals surface area contributed by atoms with Gasteiger partial charge in [0, 0.05) is 50.4 Å². The lowest BCUT2D eigenvalue weighted by atomic mass is 10.1. The van der Waals surface area contributed by atoms with Gasteiger partial charge in [0.2, 0.25) is 5.95 Å². The summed E-state index contributed by atoms with van der Waals surface area (Å²) in [5, 5.41) is 14.2. The summed E-state index contributed by atoms with van der Waals surface area (Å²) in [5.74, 6) is 1.05. The molecule has 2 aromatic carbocycles. The number of aromatic nitrogens is 4. The summed E-state index contributed by atoms with van der Waals surface area (Å²) in [6, 6.07) is 15.8. The molecular formula is C26H26N8O3. The first-order valence-corrected chi connectivity index (χ1v) is 11.9. The van der Waals surface area contributed by atoms with E-state index in [-0.39, 0.29) is 11.6 Å². The second-order valence-corrected chi connectivity index (χ2v) is 8.66. The van der Waals surface area contributed by atoms with E-state index in [1.54, 1.807) is 17.3 Å². The number of imidazole rings is 1. The minimum atomic E-state index is -0.478. The van der Waals surface area contributed by atoms with Crippen molar-refractivity contribution in [3.8, 4) is 0 Å². The number of amides is 1. The Bertz CT molecular complexity index is 1430. The van der Waals surface area contributed by atoms with Crippen LogP contribution in [-0.2, 0) is 6.54 Å². The Morgan fingerprint density at radius 1 is 1.05 bits per heavy atom. The van der Waals surface area contributed by atoms with Crippen molar-refractivity contribution in [2.75, 3.05) is 42.9 Å². The van der Waals surface area contributed by atoms with Crippen molar-refractivity contribution in [3.05, 3.63) is 94.8 Å². The molecule has 0 saturated carbocycles. The van der Waals surface area contributed by atoms with E-state index in [0.29, 0.717) is 62.1 Å². The van der Waals surface area contributed by atoms with E-state index in [4.69, 9.17) is 9.97 Å². The molecule has 3 heterocycles. The zero-order valence-corrected chi connectivity index (χ0v) is 20.2.